The number of halogens is 1. The number of urea groups is 1. The van der Waals surface area contributed by atoms with Crippen molar-refractivity contribution in [3.05, 3.63) is 63.5 Å². The first kappa shape index (κ1) is 14.1. The molecule has 0 radical (unpaired) electrons. The molecule has 1 heterocycles. The number of pyridine rings is 1. The molecular formula is C14H14ClN3O2. The van der Waals surface area contributed by atoms with Gasteiger partial charge < -0.3 is 15.2 Å². The van der Waals surface area contributed by atoms with E-state index in [4.69, 9.17) is 11.6 Å². The lowest BCUT2D eigenvalue weighted by Crippen LogP contribution is -2.28. The van der Waals surface area contributed by atoms with E-state index in [1.807, 2.05) is 0 Å². The number of nitrogens with one attached hydrogen (secondary N) is 2. The third kappa shape index (κ3) is 3.86. The van der Waals surface area contributed by atoms with Crippen LogP contribution in [0, 0.1) is 0 Å². The van der Waals surface area contributed by atoms with Crippen molar-refractivity contribution in [1.82, 2.24) is 9.88 Å². The molecule has 2 rings (SSSR count). The summed E-state index contributed by atoms with van der Waals surface area (Å²) >= 11 is 5.83. The van der Waals surface area contributed by atoms with Gasteiger partial charge in [-0.25, -0.2) is 4.79 Å². The number of carbonyl (C=O) groups excluding carboxylic acids is 1. The smallest absolute Gasteiger partial charge is 0.319 e. The zero-order valence-corrected chi connectivity index (χ0v) is 11.6. The van der Waals surface area contributed by atoms with E-state index >= 15 is 0 Å². The third-order valence-electron chi connectivity index (χ3n) is 2.68. The fourth-order valence-electron chi connectivity index (χ4n) is 1.68. The Morgan fingerprint density at radius 3 is 2.80 bits per heavy atom. The minimum Gasteiger partial charge on any atom is -0.334 e. The Kier molecular flexibility index (Phi) is 4.42. The maximum atomic E-state index is 11.7. The van der Waals surface area contributed by atoms with Crippen molar-refractivity contribution in [1.29, 1.82) is 0 Å². The van der Waals surface area contributed by atoms with Gasteiger partial charge in [-0.05, 0) is 23.8 Å². The van der Waals surface area contributed by atoms with E-state index in [9.17, 15) is 9.59 Å². The van der Waals surface area contributed by atoms with Gasteiger partial charge in [0, 0.05) is 36.6 Å². The molecule has 2 amide bonds. The van der Waals surface area contributed by atoms with E-state index < -0.39 is 0 Å². The molecule has 6 heteroatoms. The van der Waals surface area contributed by atoms with Gasteiger partial charge in [-0.2, -0.15) is 0 Å². The summed E-state index contributed by atoms with van der Waals surface area (Å²) < 4.78 is 1.46. The molecule has 0 fully saturated rings. The molecule has 20 heavy (non-hydrogen) atoms. The van der Waals surface area contributed by atoms with Crippen LogP contribution in [0.2, 0.25) is 5.02 Å². The fraction of sp³-hybridized carbons (Fsp3) is 0.143. The minimum absolute atomic E-state index is 0.0860. The first-order chi connectivity index (χ1) is 9.54. The molecule has 1 aromatic carbocycles. The van der Waals surface area contributed by atoms with E-state index in [-0.39, 0.29) is 11.6 Å². The Hall–Kier alpha value is -2.27. The lowest BCUT2D eigenvalue weighted by Gasteiger charge is -2.08. The van der Waals surface area contributed by atoms with Gasteiger partial charge >= 0.3 is 6.03 Å². The summed E-state index contributed by atoms with van der Waals surface area (Å²) in [5, 5.41) is 5.94. The fourth-order valence-corrected chi connectivity index (χ4v) is 1.87. The van der Waals surface area contributed by atoms with Gasteiger partial charge in [-0.15, -0.1) is 0 Å². The molecular weight excluding hydrogens is 278 g/mol. The van der Waals surface area contributed by atoms with Crippen molar-refractivity contribution in [2.75, 3.05) is 5.32 Å². The predicted molar refractivity (Wildman–Crippen MR) is 79.0 cm³/mol. The molecule has 0 spiro atoms. The van der Waals surface area contributed by atoms with Crippen LogP contribution in [0.3, 0.4) is 0 Å². The van der Waals surface area contributed by atoms with Crippen LogP contribution in [0.4, 0.5) is 10.5 Å². The lowest BCUT2D eigenvalue weighted by molar-refractivity contribution is 0.251. The average molecular weight is 292 g/mol. The molecule has 0 bridgehead atoms. The molecule has 0 saturated heterocycles. The second-order valence-corrected chi connectivity index (χ2v) is 4.74. The maximum absolute atomic E-state index is 11.7. The molecule has 2 N–H and O–H groups in total. The second-order valence-electron chi connectivity index (χ2n) is 4.30. The highest BCUT2D eigenvalue weighted by molar-refractivity contribution is 6.30. The Labute approximate surface area is 121 Å². The normalized spacial score (nSPS) is 10.1. The van der Waals surface area contributed by atoms with Crippen LogP contribution in [-0.4, -0.2) is 10.6 Å². The van der Waals surface area contributed by atoms with Crippen LogP contribution >= 0.6 is 11.6 Å². The molecule has 0 atom stereocenters. The predicted octanol–water partition coefficient (Wildman–Crippen LogP) is 2.36. The van der Waals surface area contributed by atoms with Gasteiger partial charge in [0.25, 0.3) is 0 Å². The summed E-state index contributed by atoms with van der Waals surface area (Å²) in [7, 11) is 1.66. The van der Waals surface area contributed by atoms with Crippen molar-refractivity contribution in [2.45, 2.75) is 6.54 Å². The Bertz CT molecular complexity index is 682. The van der Waals surface area contributed by atoms with Crippen molar-refractivity contribution in [2.24, 2.45) is 7.05 Å². The van der Waals surface area contributed by atoms with E-state index in [2.05, 4.69) is 10.6 Å². The summed E-state index contributed by atoms with van der Waals surface area (Å²) in [6.45, 7) is 0.334. The number of nitrogens with zero attached hydrogens (tertiary/aromatic N) is 1. The summed E-state index contributed by atoms with van der Waals surface area (Å²) in [6, 6.07) is 9.71. The van der Waals surface area contributed by atoms with E-state index in [1.54, 1.807) is 43.6 Å². The maximum Gasteiger partial charge on any atom is 0.319 e. The number of aryl methyl sites for hydroxylation is 1. The largest absolute Gasteiger partial charge is 0.334 e. The standard InChI is InChI=1S/C14H14ClN3O2/c1-18-9-10(5-6-13(18)19)8-16-14(20)17-12-4-2-3-11(15)7-12/h2-7,9H,8H2,1H3,(H2,16,17,20). The quantitative estimate of drug-likeness (QED) is 0.912. The van der Waals surface area contributed by atoms with Crippen LogP contribution in [-0.2, 0) is 13.6 Å². The van der Waals surface area contributed by atoms with E-state index in [1.165, 1.54) is 10.6 Å². The van der Waals surface area contributed by atoms with Gasteiger partial charge in [0.1, 0.15) is 0 Å². The van der Waals surface area contributed by atoms with Crippen LogP contribution in [0.5, 0.6) is 0 Å². The van der Waals surface area contributed by atoms with E-state index in [0.29, 0.717) is 17.3 Å². The van der Waals surface area contributed by atoms with Crippen molar-refractivity contribution < 1.29 is 4.79 Å². The Balaban J connectivity index is 1.92. The molecule has 1 aromatic heterocycles. The molecule has 0 saturated carbocycles. The first-order valence-corrected chi connectivity index (χ1v) is 6.38. The number of aromatic nitrogens is 1. The van der Waals surface area contributed by atoms with Crippen LogP contribution in [0.25, 0.3) is 0 Å². The van der Waals surface area contributed by atoms with Crippen LogP contribution in [0.15, 0.2) is 47.4 Å². The molecule has 0 aliphatic heterocycles. The monoisotopic (exact) mass is 291 g/mol. The number of rotatable bonds is 3. The summed E-state index contributed by atoms with van der Waals surface area (Å²) in [5.41, 5.74) is 1.38. The average Bonchev–Trinajstić information content (AvgIpc) is 2.40. The number of benzene rings is 1. The van der Waals surface area contributed by atoms with Crippen molar-refractivity contribution in [3.8, 4) is 0 Å². The van der Waals surface area contributed by atoms with Crippen molar-refractivity contribution >= 4 is 23.3 Å². The van der Waals surface area contributed by atoms with Gasteiger partial charge in [0.2, 0.25) is 5.56 Å². The highest BCUT2D eigenvalue weighted by Gasteiger charge is 2.02. The number of carbonyl (C=O) groups is 1. The van der Waals surface area contributed by atoms with Crippen LogP contribution in [0.1, 0.15) is 5.56 Å². The molecule has 5 nitrogen and oxygen atoms in total. The summed E-state index contributed by atoms with van der Waals surface area (Å²) in [4.78, 5) is 22.9. The zero-order valence-electron chi connectivity index (χ0n) is 10.9. The first-order valence-electron chi connectivity index (χ1n) is 6.00. The molecule has 104 valence electrons. The summed E-state index contributed by atoms with van der Waals surface area (Å²) in [6.07, 6.45) is 1.68. The second kappa shape index (κ2) is 6.25. The highest BCUT2D eigenvalue weighted by Crippen LogP contribution is 2.14. The molecule has 0 aliphatic carbocycles. The number of amides is 2. The number of hydrogen-bond donors (Lipinski definition) is 2. The Morgan fingerprint density at radius 1 is 1.30 bits per heavy atom. The Morgan fingerprint density at radius 2 is 2.10 bits per heavy atom. The topological polar surface area (TPSA) is 63.1 Å². The molecule has 0 aliphatic rings. The third-order valence-corrected chi connectivity index (χ3v) is 2.92. The minimum atomic E-state index is -0.332. The molecule has 2 aromatic rings. The van der Waals surface area contributed by atoms with Gasteiger partial charge in [0.15, 0.2) is 0 Å². The van der Waals surface area contributed by atoms with Gasteiger partial charge in [-0.1, -0.05) is 23.7 Å². The van der Waals surface area contributed by atoms with Gasteiger partial charge in [-0.3, -0.25) is 4.79 Å². The van der Waals surface area contributed by atoms with Crippen molar-refractivity contribution in [3.63, 3.8) is 0 Å². The summed E-state index contributed by atoms with van der Waals surface area (Å²) in [5.74, 6) is 0. The highest BCUT2D eigenvalue weighted by atomic mass is 35.5. The molecule has 0 unspecified atom stereocenters. The van der Waals surface area contributed by atoms with Crippen LogP contribution < -0.4 is 16.2 Å². The van der Waals surface area contributed by atoms with Gasteiger partial charge in [0.05, 0.1) is 0 Å². The zero-order chi connectivity index (χ0) is 14.5. The lowest BCUT2D eigenvalue weighted by atomic mass is 10.3. The number of anilines is 1. The van der Waals surface area contributed by atoms with E-state index in [0.717, 1.165) is 5.56 Å². The SMILES string of the molecule is Cn1cc(CNC(=O)Nc2cccc(Cl)c2)ccc1=O. The number of hydrogen-bond acceptors (Lipinski definition) is 2.